The fourth-order valence-corrected chi connectivity index (χ4v) is 1.33. The van der Waals surface area contributed by atoms with Gasteiger partial charge in [0.1, 0.15) is 0 Å². The molecule has 0 heterocycles. The highest BCUT2D eigenvalue weighted by molar-refractivity contribution is 6.02. The third kappa shape index (κ3) is 3.17. The van der Waals surface area contributed by atoms with Crippen molar-refractivity contribution >= 4 is 17.6 Å². The second-order valence-corrected chi connectivity index (χ2v) is 3.73. The summed E-state index contributed by atoms with van der Waals surface area (Å²) in [4.78, 5) is 23.0. The Hall–Kier alpha value is -2.10. The summed E-state index contributed by atoms with van der Waals surface area (Å²) in [5, 5.41) is 0. The number of hydrogen-bond acceptors (Lipinski definition) is 4. The lowest BCUT2D eigenvalue weighted by atomic mass is 10.0. The van der Waals surface area contributed by atoms with E-state index in [0.29, 0.717) is 17.7 Å². The summed E-state index contributed by atoms with van der Waals surface area (Å²) < 4.78 is 4.66. The van der Waals surface area contributed by atoms with Crippen LogP contribution in [0.4, 0.5) is 5.69 Å². The van der Waals surface area contributed by atoms with E-state index in [1.54, 1.807) is 18.2 Å². The summed E-state index contributed by atoms with van der Waals surface area (Å²) in [5.41, 5.74) is 7.49. The van der Waals surface area contributed by atoms with Crippen molar-refractivity contribution in [3.63, 3.8) is 0 Å². The van der Waals surface area contributed by atoms with Crippen molar-refractivity contribution in [1.82, 2.24) is 0 Å². The van der Waals surface area contributed by atoms with Gasteiger partial charge in [-0.25, -0.2) is 9.59 Å². The molecule has 0 saturated heterocycles. The molecule has 0 amide bonds. The van der Waals surface area contributed by atoms with E-state index in [9.17, 15) is 9.59 Å². The number of carbonyl (C=O) groups excluding carboxylic acids is 2. The van der Waals surface area contributed by atoms with E-state index in [0.717, 1.165) is 5.56 Å². The van der Waals surface area contributed by atoms with Crippen molar-refractivity contribution in [3.8, 4) is 0 Å². The van der Waals surface area contributed by atoms with E-state index in [4.69, 9.17) is 5.73 Å². The van der Waals surface area contributed by atoms with Gasteiger partial charge in [-0.2, -0.15) is 0 Å². The number of esters is 2. The average molecular weight is 233 g/mol. The predicted molar refractivity (Wildman–Crippen MR) is 65.5 cm³/mol. The summed E-state index contributed by atoms with van der Waals surface area (Å²) in [6.07, 6.45) is 0.636. The number of anilines is 1. The van der Waals surface area contributed by atoms with Gasteiger partial charge < -0.3 is 10.5 Å². The number of hydrogen-bond donors (Lipinski definition) is 1. The Morgan fingerprint density at radius 2 is 2.06 bits per heavy atom. The zero-order valence-electron chi connectivity index (χ0n) is 9.95. The number of ether oxygens (including phenoxy) is 1. The minimum atomic E-state index is -0.714. The van der Waals surface area contributed by atoms with Gasteiger partial charge in [0.15, 0.2) is 0 Å². The molecule has 0 bridgehead atoms. The van der Waals surface area contributed by atoms with Crippen LogP contribution >= 0.6 is 0 Å². The van der Waals surface area contributed by atoms with E-state index < -0.39 is 11.9 Å². The summed E-state index contributed by atoms with van der Waals surface area (Å²) in [6.45, 7) is 6.79. The van der Waals surface area contributed by atoms with Gasteiger partial charge in [0, 0.05) is 11.3 Å². The van der Waals surface area contributed by atoms with Crippen LogP contribution in [0.3, 0.4) is 0 Å². The minimum absolute atomic E-state index is 0.187. The smallest absolute Gasteiger partial charge is 0.346 e. The number of rotatable bonds is 3. The van der Waals surface area contributed by atoms with Crippen LogP contribution in [0.5, 0.6) is 0 Å². The Morgan fingerprint density at radius 1 is 1.41 bits per heavy atom. The molecule has 0 unspecified atom stereocenters. The molecule has 0 aliphatic rings. The van der Waals surface area contributed by atoms with Crippen molar-refractivity contribution in [2.24, 2.45) is 0 Å². The van der Waals surface area contributed by atoms with Crippen LogP contribution in [0.25, 0.3) is 0 Å². The quantitative estimate of drug-likeness (QED) is 0.375. The van der Waals surface area contributed by atoms with Crippen LogP contribution in [0.15, 0.2) is 30.4 Å². The van der Waals surface area contributed by atoms with Crippen molar-refractivity contribution in [1.29, 1.82) is 0 Å². The number of nitrogens with two attached hydrogens (primary N) is 1. The lowest BCUT2D eigenvalue weighted by Gasteiger charge is -2.07. The first-order valence-corrected chi connectivity index (χ1v) is 5.26. The topological polar surface area (TPSA) is 69.4 Å². The monoisotopic (exact) mass is 233 g/mol. The second kappa shape index (κ2) is 5.30. The van der Waals surface area contributed by atoms with E-state index in [-0.39, 0.29) is 5.57 Å². The summed E-state index contributed by atoms with van der Waals surface area (Å²) in [5.74, 6) is -1.39. The van der Waals surface area contributed by atoms with Gasteiger partial charge in [0.2, 0.25) is 0 Å². The zero-order valence-corrected chi connectivity index (χ0v) is 9.95. The van der Waals surface area contributed by atoms with E-state index >= 15 is 0 Å². The molecule has 0 radical (unpaired) electrons. The Labute approximate surface area is 100 Å². The molecule has 90 valence electrons. The van der Waals surface area contributed by atoms with Crippen molar-refractivity contribution in [3.05, 3.63) is 41.5 Å². The van der Waals surface area contributed by atoms with Gasteiger partial charge >= 0.3 is 11.9 Å². The lowest BCUT2D eigenvalue weighted by molar-refractivity contribution is -0.133. The molecule has 0 spiro atoms. The summed E-state index contributed by atoms with van der Waals surface area (Å²) >= 11 is 0. The normalized spacial score (nSPS) is 9.76. The number of benzene rings is 1. The van der Waals surface area contributed by atoms with Crippen LogP contribution in [0, 0.1) is 0 Å². The van der Waals surface area contributed by atoms with Crippen molar-refractivity contribution in [2.45, 2.75) is 20.3 Å². The maximum Gasteiger partial charge on any atom is 0.346 e. The Kier molecular flexibility index (Phi) is 4.04. The number of nitrogen functional groups attached to an aromatic ring is 1. The maximum absolute atomic E-state index is 11.7. The number of carbonyl (C=O) groups is 2. The van der Waals surface area contributed by atoms with Crippen LogP contribution in [-0.4, -0.2) is 11.9 Å². The van der Waals surface area contributed by atoms with Gasteiger partial charge in [0.05, 0.1) is 5.56 Å². The first kappa shape index (κ1) is 13.0. The standard InChI is InChI=1S/C13H15NO3/c1-4-9-7-10(14)5-6-11(9)13(16)17-12(15)8(2)3/h5-7H,2,4,14H2,1,3H3. The molecule has 1 aromatic carbocycles. The van der Waals surface area contributed by atoms with Crippen LogP contribution in [0.2, 0.25) is 0 Å². The highest BCUT2D eigenvalue weighted by Crippen LogP contribution is 2.16. The van der Waals surface area contributed by atoms with Gasteiger partial charge in [0.25, 0.3) is 0 Å². The third-order valence-electron chi connectivity index (χ3n) is 2.26. The first-order valence-electron chi connectivity index (χ1n) is 5.26. The summed E-state index contributed by atoms with van der Waals surface area (Å²) in [6, 6.07) is 4.85. The third-order valence-corrected chi connectivity index (χ3v) is 2.26. The second-order valence-electron chi connectivity index (χ2n) is 3.73. The van der Waals surface area contributed by atoms with E-state index in [2.05, 4.69) is 11.3 Å². The van der Waals surface area contributed by atoms with Gasteiger partial charge in [-0.15, -0.1) is 0 Å². The van der Waals surface area contributed by atoms with Crippen LogP contribution in [-0.2, 0) is 16.0 Å². The highest BCUT2D eigenvalue weighted by Gasteiger charge is 2.16. The molecule has 0 aromatic heterocycles. The molecule has 17 heavy (non-hydrogen) atoms. The molecule has 4 nitrogen and oxygen atoms in total. The molecule has 0 aliphatic carbocycles. The van der Waals surface area contributed by atoms with E-state index in [1.807, 2.05) is 6.92 Å². The molecule has 0 aliphatic heterocycles. The van der Waals surface area contributed by atoms with Crippen LogP contribution < -0.4 is 5.73 Å². The van der Waals surface area contributed by atoms with Gasteiger partial charge in [-0.05, 0) is 37.1 Å². The molecular weight excluding hydrogens is 218 g/mol. The number of aryl methyl sites for hydroxylation is 1. The van der Waals surface area contributed by atoms with Crippen LogP contribution in [0.1, 0.15) is 29.8 Å². The van der Waals surface area contributed by atoms with Gasteiger partial charge in [-0.1, -0.05) is 13.5 Å². The van der Waals surface area contributed by atoms with E-state index in [1.165, 1.54) is 6.92 Å². The fourth-order valence-electron chi connectivity index (χ4n) is 1.33. The fraction of sp³-hybridized carbons (Fsp3) is 0.231. The predicted octanol–water partition coefficient (Wildman–Crippen LogP) is 2.09. The molecule has 0 saturated carbocycles. The van der Waals surface area contributed by atoms with Crippen molar-refractivity contribution in [2.75, 3.05) is 5.73 Å². The molecule has 0 fully saturated rings. The Balaban J connectivity index is 2.96. The average Bonchev–Trinajstić information content (AvgIpc) is 2.28. The highest BCUT2D eigenvalue weighted by atomic mass is 16.6. The Morgan fingerprint density at radius 3 is 2.59 bits per heavy atom. The zero-order chi connectivity index (χ0) is 13.0. The summed E-state index contributed by atoms with van der Waals surface area (Å²) in [7, 11) is 0. The molecule has 1 aromatic rings. The minimum Gasteiger partial charge on any atom is -0.399 e. The SMILES string of the molecule is C=C(C)C(=O)OC(=O)c1ccc(N)cc1CC. The first-order chi connectivity index (χ1) is 7.95. The van der Waals surface area contributed by atoms with Crippen molar-refractivity contribution < 1.29 is 14.3 Å². The molecule has 2 N–H and O–H groups in total. The lowest BCUT2D eigenvalue weighted by Crippen LogP contribution is -2.14. The largest absolute Gasteiger partial charge is 0.399 e. The molecule has 1 rings (SSSR count). The Bertz CT molecular complexity index is 478. The molecule has 0 atom stereocenters. The van der Waals surface area contributed by atoms with Gasteiger partial charge in [-0.3, -0.25) is 0 Å². The molecular formula is C13H15NO3. The molecule has 4 heteroatoms. The maximum atomic E-state index is 11.7.